The summed E-state index contributed by atoms with van der Waals surface area (Å²) in [7, 11) is 1.67. The van der Waals surface area contributed by atoms with Crippen LogP contribution in [0.25, 0.3) is 11.3 Å². The summed E-state index contributed by atoms with van der Waals surface area (Å²) in [4.78, 5) is 4.36. The van der Waals surface area contributed by atoms with Gasteiger partial charge < -0.3 is 18.8 Å². The van der Waals surface area contributed by atoms with Crippen molar-refractivity contribution < 1.29 is 14.2 Å². The summed E-state index contributed by atoms with van der Waals surface area (Å²) in [5.41, 5.74) is 4.20. The predicted octanol–water partition coefficient (Wildman–Crippen LogP) is 3.62. The minimum Gasteiger partial charge on any atom is -0.496 e. The van der Waals surface area contributed by atoms with E-state index in [0.29, 0.717) is 13.2 Å². The Kier molecular flexibility index (Phi) is 5.23. The lowest BCUT2D eigenvalue weighted by Gasteiger charge is -2.15. The highest BCUT2D eigenvalue weighted by atomic mass is 16.5. The number of aryl methyl sites for hydroxylation is 4. The molecule has 0 unspecified atom stereocenters. The fraction of sp³-hybridized carbons (Fsp3) is 0.429. The van der Waals surface area contributed by atoms with Gasteiger partial charge in [0.05, 0.1) is 44.2 Å². The molecule has 0 radical (unpaired) electrons. The molecular formula is C21H26N4O3. The van der Waals surface area contributed by atoms with Crippen LogP contribution in [0.15, 0.2) is 30.7 Å². The smallest absolute Gasteiger partial charge is 0.164 e. The summed E-state index contributed by atoms with van der Waals surface area (Å²) >= 11 is 0. The summed E-state index contributed by atoms with van der Waals surface area (Å²) in [6.45, 7) is 7.13. The lowest BCUT2D eigenvalue weighted by molar-refractivity contribution is 0.296. The van der Waals surface area contributed by atoms with Crippen LogP contribution in [0.4, 0.5) is 0 Å². The number of fused-ring (bicyclic) bond motifs is 1. The maximum atomic E-state index is 5.86. The van der Waals surface area contributed by atoms with Gasteiger partial charge in [-0.2, -0.15) is 5.10 Å². The first kappa shape index (κ1) is 18.4. The summed E-state index contributed by atoms with van der Waals surface area (Å²) in [6.07, 6.45) is 5.55. The van der Waals surface area contributed by atoms with Crippen LogP contribution in [0, 0.1) is 13.8 Å². The molecule has 7 nitrogen and oxygen atoms in total. The van der Waals surface area contributed by atoms with E-state index in [4.69, 9.17) is 14.2 Å². The largest absolute Gasteiger partial charge is 0.496 e. The van der Waals surface area contributed by atoms with Gasteiger partial charge in [0.15, 0.2) is 11.5 Å². The zero-order chi connectivity index (χ0) is 19.5. The third-order valence-corrected chi connectivity index (χ3v) is 4.93. The zero-order valence-electron chi connectivity index (χ0n) is 16.6. The molecule has 0 spiro atoms. The van der Waals surface area contributed by atoms with Crippen molar-refractivity contribution in [1.29, 1.82) is 0 Å². The van der Waals surface area contributed by atoms with Crippen molar-refractivity contribution in [3.63, 3.8) is 0 Å². The van der Waals surface area contributed by atoms with Crippen LogP contribution in [0.3, 0.4) is 0 Å². The number of rotatable bonds is 6. The van der Waals surface area contributed by atoms with Crippen molar-refractivity contribution in [1.82, 2.24) is 19.3 Å². The number of nitrogens with zero attached hydrogens (tertiary/aromatic N) is 4. The predicted molar refractivity (Wildman–Crippen MR) is 106 cm³/mol. The Hall–Kier alpha value is -2.96. The van der Waals surface area contributed by atoms with Gasteiger partial charge in [-0.05, 0) is 32.4 Å². The topological polar surface area (TPSA) is 63.3 Å². The molecule has 3 aromatic rings. The van der Waals surface area contributed by atoms with E-state index < -0.39 is 0 Å². The Morgan fingerprint density at radius 3 is 2.57 bits per heavy atom. The van der Waals surface area contributed by atoms with Gasteiger partial charge in [-0.3, -0.25) is 4.68 Å². The number of imidazole rings is 1. The van der Waals surface area contributed by atoms with E-state index >= 15 is 0 Å². The van der Waals surface area contributed by atoms with Crippen molar-refractivity contribution in [2.24, 2.45) is 0 Å². The Morgan fingerprint density at radius 1 is 1.07 bits per heavy atom. The van der Waals surface area contributed by atoms with Crippen LogP contribution < -0.4 is 14.2 Å². The lowest BCUT2D eigenvalue weighted by atomic mass is 10.1. The molecule has 28 heavy (non-hydrogen) atoms. The minimum absolute atomic E-state index is 0.653. The molecule has 3 heterocycles. The van der Waals surface area contributed by atoms with Crippen LogP contribution in [0.2, 0.25) is 0 Å². The molecule has 0 saturated heterocycles. The van der Waals surface area contributed by atoms with Crippen LogP contribution >= 0.6 is 0 Å². The van der Waals surface area contributed by atoms with Gasteiger partial charge in [-0.15, -0.1) is 0 Å². The van der Waals surface area contributed by atoms with Gasteiger partial charge >= 0.3 is 0 Å². The summed E-state index contributed by atoms with van der Waals surface area (Å²) < 4.78 is 21.5. The fourth-order valence-electron chi connectivity index (χ4n) is 3.57. The van der Waals surface area contributed by atoms with Gasteiger partial charge in [0.1, 0.15) is 5.75 Å². The first-order valence-corrected chi connectivity index (χ1v) is 9.65. The molecule has 0 amide bonds. The molecule has 0 aliphatic carbocycles. The van der Waals surface area contributed by atoms with Gasteiger partial charge in [-0.1, -0.05) is 0 Å². The first-order chi connectivity index (χ1) is 13.7. The molecule has 1 aromatic carbocycles. The van der Waals surface area contributed by atoms with E-state index in [9.17, 15) is 0 Å². The van der Waals surface area contributed by atoms with Crippen molar-refractivity contribution in [3.8, 4) is 28.5 Å². The van der Waals surface area contributed by atoms with Crippen molar-refractivity contribution in [3.05, 3.63) is 42.1 Å². The average Bonchev–Trinajstić information content (AvgIpc) is 3.19. The Balaban J connectivity index is 1.56. The van der Waals surface area contributed by atoms with E-state index in [2.05, 4.69) is 32.3 Å². The molecule has 0 N–H and O–H groups in total. The number of aromatic nitrogens is 4. The van der Waals surface area contributed by atoms with Gasteiger partial charge in [0.2, 0.25) is 0 Å². The Morgan fingerprint density at radius 2 is 1.86 bits per heavy atom. The molecule has 0 bridgehead atoms. The zero-order valence-corrected chi connectivity index (χ0v) is 16.6. The van der Waals surface area contributed by atoms with E-state index in [-0.39, 0.29) is 0 Å². The summed E-state index contributed by atoms with van der Waals surface area (Å²) in [5, 5.41) is 4.54. The normalized spacial score (nSPS) is 13.4. The molecule has 4 rings (SSSR count). The molecule has 0 fully saturated rings. The average molecular weight is 382 g/mol. The summed E-state index contributed by atoms with van der Waals surface area (Å²) in [5.74, 6) is 2.24. The van der Waals surface area contributed by atoms with Gasteiger partial charge in [0.25, 0.3) is 0 Å². The van der Waals surface area contributed by atoms with E-state index in [0.717, 1.165) is 60.1 Å². The van der Waals surface area contributed by atoms with Gasteiger partial charge in [-0.25, -0.2) is 4.98 Å². The molecular weight excluding hydrogens is 356 g/mol. The summed E-state index contributed by atoms with van der Waals surface area (Å²) in [6, 6.07) is 6.00. The third kappa shape index (κ3) is 3.69. The standard InChI is InChI=1S/C21H26N4O3/c1-15-10-16(2)25(23-15)7-4-6-24-14-22-13-18(24)17-11-20-21(12-19(17)26-3)28-9-5-8-27-20/h10-14H,4-9H2,1-3H3. The SMILES string of the molecule is COc1cc2c(cc1-c1cncn1CCCn1nc(C)cc1C)OCCCO2. The first-order valence-electron chi connectivity index (χ1n) is 9.65. The number of benzene rings is 1. The van der Waals surface area contributed by atoms with Crippen LogP contribution in [-0.4, -0.2) is 39.7 Å². The Bertz CT molecular complexity index is 961. The monoisotopic (exact) mass is 382 g/mol. The van der Waals surface area contributed by atoms with Crippen LogP contribution in [0.1, 0.15) is 24.2 Å². The molecule has 148 valence electrons. The van der Waals surface area contributed by atoms with Crippen LogP contribution in [0.5, 0.6) is 17.2 Å². The Labute approximate surface area is 164 Å². The lowest BCUT2D eigenvalue weighted by Crippen LogP contribution is -2.07. The fourth-order valence-corrected chi connectivity index (χ4v) is 3.57. The highest BCUT2D eigenvalue weighted by molar-refractivity contribution is 5.72. The highest BCUT2D eigenvalue weighted by Gasteiger charge is 2.18. The highest BCUT2D eigenvalue weighted by Crippen LogP contribution is 2.41. The maximum Gasteiger partial charge on any atom is 0.164 e. The van der Waals surface area contributed by atoms with Crippen molar-refractivity contribution in [2.75, 3.05) is 20.3 Å². The second kappa shape index (κ2) is 7.96. The number of hydrogen-bond acceptors (Lipinski definition) is 5. The molecule has 2 aromatic heterocycles. The quantitative estimate of drug-likeness (QED) is 0.651. The number of methoxy groups -OCH3 is 1. The number of ether oxygens (including phenoxy) is 3. The van der Waals surface area contributed by atoms with E-state index in [1.165, 1.54) is 5.69 Å². The minimum atomic E-state index is 0.653. The molecule has 0 saturated carbocycles. The molecule has 7 heteroatoms. The van der Waals surface area contributed by atoms with Gasteiger partial charge in [0, 0.05) is 36.8 Å². The van der Waals surface area contributed by atoms with E-state index in [1.54, 1.807) is 7.11 Å². The van der Waals surface area contributed by atoms with Crippen LogP contribution in [-0.2, 0) is 13.1 Å². The second-order valence-corrected chi connectivity index (χ2v) is 7.03. The molecule has 0 atom stereocenters. The maximum absolute atomic E-state index is 5.86. The van der Waals surface area contributed by atoms with E-state index in [1.807, 2.05) is 31.6 Å². The third-order valence-electron chi connectivity index (χ3n) is 4.93. The number of hydrogen-bond donors (Lipinski definition) is 0. The van der Waals surface area contributed by atoms with Crippen molar-refractivity contribution in [2.45, 2.75) is 39.8 Å². The molecule has 1 aliphatic rings. The second-order valence-electron chi connectivity index (χ2n) is 7.03. The van der Waals surface area contributed by atoms with Crippen molar-refractivity contribution >= 4 is 0 Å². The molecule has 1 aliphatic heterocycles.